The van der Waals surface area contributed by atoms with Crippen molar-refractivity contribution in [3.63, 3.8) is 0 Å². The van der Waals surface area contributed by atoms with E-state index in [2.05, 4.69) is 22.6 Å². The molecule has 0 atom stereocenters. The van der Waals surface area contributed by atoms with Gasteiger partial charge in [-0.25, -0.2) is 8.42 Å². The predicted molar refractivity (Wildman–Crippen MR) is 62.4 cm³/mol. The third-order valence-electron chi connectivity index (χ3n) is 1.67. The zero-order chi connectivity index (χ0) is 10.1. The Bertz CT molecular complexity index is 410. The van der Waals surface area contributed by atoms with E-state index in [1.54, 1.807) is 0 Å². The molecule has 0 saturated heterocycles. The van der Waals surface area contributed by atoms with Crippen molar-refractivity contribution in [2.45, 2.75) is 12.7 Å². The van der Waals surface area contributed by atoms with Crippen molar-refractivity contribution in [3.05, 3.63) is 32.9 Å². The minimum Gasteiger partial charge on any atom is -0.229 e. The standard InChI is InChI=1S/C9H11IO2S/c1-7-3-4-8(5-9(7)10)6-13(2,11)12/h3-5H,6H2,1-2H3. The number of benzene rings is 1. The summed E-state index contributed by atoms with van der Waals surface area (Å²) < 4.78 is 23.1. The molecule has 0 aliphatic carbocycles. The summed E-state index contributed by atoms with van der Waals surface area (Å²) in [6.45, 7) is 2.01. The number of halogens is 1. The van der Waals surface area contributed by atoms with E-state index in [1.165, 1.54) is 11.8 Å². The monoisotopic (exact) mass is 310 g/mol. The van der Waals surface area contributed by atoms with E-state index < -0.39 is 9.84 Å². The topological polar surface area (TPSA) is 34.1 Å². The van der Waals surface area contributed by atoms with Crippen molar-refractivity contribution >= 4 is 32.4 Å². The van der Waals surface area contributed by atoms with Gasteiger partial charge in [0.15, 0.2) is 9.84 Å². The Balaban J connectivity index is 2.99. The molecule has 0 N–H and O–H groups in total. The number of rotatable bonds is 2. The zero-order valence-corrected chi connectivity index (χ0v) is 10.5. The molecule has 0 bridgehead atoms. The van der Waals surface area contributed by atoms with E-state index in [0.29, 0.717) is 0 Å². The Morgan fingerprint density at radius 3 is 2.46 bits per heavy atom. The van der Waals surface area contributed by atoms with E-state index in [1.807, 2.05) is 25.1 Å². The second-order valence-corrected chi connectivity index (χ2v) is 6.46. The van der Waals surface area contributed by atoms with Crippen molar-refractivity contribution in [3.8, 4) is 0 Å². The van der Waals surface area contributed by atoms with Crippen molar-refractivity contribution in [1.82, 2.24) is 0 Å². The first-order valence-electron chi connectivity index (χ1n) is 3.81. The fourth-order valence-electron chi connectivity index (χ4n) is 1.03. The van der Waals surface area contributed by atoms with Crippen LogP contribution in [0, 0.1) is 10.5 Å². The largest absolute Gasteiger partial charge is 0.229 e. The van der Waals surface area contributed by atoms with Crippen molar-refractivity contribution in [2.75, 3.05) is 6.26 Å². The van der Waals surface area contributed by atoms with Gasteiger partial charge in [0.05, 0.1) is 5.75 Å². The van der Waals surface area contributed by atoms with Crippen LogP contribution in [0.15, 0.2) is 18.2 Å². The SMILES string of the molecule is Cc1ccc(CS(C)(=O)=O)cc1I. The summed E-state index contributed by atoms with van der Waals surface area (Å²) in [5.41, 5.74) is 2.04. The number of hydrogen-bond acceptors (Lipinski definition) is 2. The highest BCUT2D eigenvalue weighted by Gasteiger charge is 2.05. The van der Waals surface area contributed by atoms with Crippen LogP contribution in [-0.4, -0.2) is 14.7 Å². The summed E-state index contributed by atoms with van der Waals surface area (Å²) in [5.74, 6) is 0.128. The van der Waals surface area contributed by atoms with Crippen LogP contribution in [0.3, 0.4) is 0 Å². The average Bonchev–Trinajstić information content (AvgIpc) is 1.94. The van der Waals surface area contributed by atoms with Crippen molar-refractivity contribution < 1.29 is 8.42 Å². The van der Waals surface area contributed by atoms with E-state index in [9.17, 15) is 8.42 Å². The maximum Gasteiger partial charge on any atom is 0.151 e. The van der Waals surface area contributed by atoms with E-state index >= 15 is 0 Å². The first-order chi connectivity index (χ1) is 5.88. The number of hydrogen-bond donors (Lipinski definition) is 0. The lowest BCUT2D eigenvalue weighted by Gasteiger charge is -2.02. The molecule has 0 aliphatic rings. The Morgan fingerprint density at radius 2 is 2.00 bits per heavy atom. The van der Waals surface area contributed by atoms with E-state index in [4.69, 9.17) is 0 Å². The minimum atomic E-state index is -2.91. The molecule has 0 fully saturated rings. The Morgan fingerprint density at radius 1 is 1.38 bits per heavy atom. The van der Waals surface area contributed by atoms with Gasteiger partial charge in [0.25, 0.3) is 0 Å². The molecule has 0 saturated carbocycles. The molecule has 2 nitrogen and oxygen atoms in total. The normalized spacial score (nSPS) is 11.6. The smallest absolute Gasteiger partial charge is 0.151 e. The van der Waals surface area contributed by atoms with Crippen LogP contribution in [-0.2, 0) is 15.6 Å². The fraction of sp³-hybridized carbons (Fsp3) is 0.333. The first-order valence-corrected chi connectivity index (χ1v) is 6.95. The van der Waals surface area contributed by atoms with E-state index in [0.717, 1.165) is 9.13 Å². The molecule has 0 amide bonds. The molecule has 0 heterocycles. The van der Waals surface area contributed by atoms with Gasteiger partial charge < -0.3 is 0 Å². The van der Waals surface area contributed by atoms with Crippen LogP contribution < -0.4 is 0 Å². The highest BCUT2D eigenvalue weighted by atomic mass is 127. The molecule has 1 aromatic rings. The van der Waals surface area contributed by atoms with Gasteiger partial charge in [0, 0.05) is 9.83 Å². The lowest BCUT2D eigenvalue weighted by atomic mass is 10.2. The van der Waals surface area contributed by atoms with Gasteiger partial charge in [-0.05, 0) is 46.7 Å². The third kappa shape index (κ3) is 3.64. The van der Waals surface area contributed by atoms with Crippen LogP contribution in [0.25, 0.3) is 0 Å². The molecule has 0 unspecified atom stereocenters. The minimum absolute atomic E-state index is 0.128. The lowest BCUT2D eigenvalue weighted by molar-refractivity contribution is 0.601. The maximum absolute atomic E-state index is 11.0. The molecular formula is C9H11IO2S. The molecule has 0 spiro atoms. The van der Waals surface area contributed by atoms with Gasteiger partial charge in [-0.15, -0.1) is 0 Å². The van der Waals surface area contributed by atoms with Crippen molar-refractivity contribution in [2.24, 2.45) is 0 Å². The Labute approximate surface area is 92.4 Å². The summed E-state index contributed by atoms with van der Waals surface area (Å²) in [7, 11) is -2.91. The van der Waals surface area contributed by atoms with Crippen LogP contribution in [0.1, 0.15) is 11.1 Å². The van der Waals surface area contributed by atoms with Crippen LogP contribution >= 0.6 is 22.6 Å². The second-order valence-electron chi connectivity index (χ2n) is 3.15. The molecule has 0 radical (unpaired) electrons. The lowest BCUT2D eigenvalue weighted by Crippen LogP contribution is -2.01. The average molecular weight is 310 g/mol. The van der Waals surface area contributed by atoms with Gasteiger partial charge in [-0.1, -0.05) is 12.1 Å². The highest BCUT2D eigenvalue weighted by molar-refractivity contribution is 14.1. The van der Waals surface area contributed by atoms with E-state index in [-0.39, 0.29) is 5.75 Å². The molecule has 1 aromatic carbocycles. The summed E-state index contributed by atoms with van der Waals surface area (Å²) in [5, 5.41) is 0. The van der Waals surface area contributed by atoms with Crippen molar-refractivity contribution in [1.29, 1.82) is 0 Å². The van der Waals surface area contributed by atoms with Gasteiger partial charge in [-0.2, -0.15) is 0 Å². The van der Waals surface area contributed by atoms with Crippen LogP contribution in [0.2, 0.25) is 0 Å². The molecule has 72 valence electrons. The summed E-state index contributed by atoms with van der Waals surface area (Å²) in [4.78, 5) is 0. The zero-order valence-electron chi connectivity index (χ0n) is 7.54. The van der Waals surface area contributed by atoms with Gasteiger partial charge >= 0.3 is 0 Å². The van der Waals surface area contributed by atoms with Gasteiger partial charge in [0.2, 0.25) is 0 Å². The maximum atomic E-state index is 11.0. The van der Waals surface area contributed by atoms with Gasteiger partial charge in [0.1, 0.15) is 0 Å². The molecule has 0 aliphatic heterocycles. The fourth-order valence-corrected chi connectivity index (χ4v) is 2.39. The molecule has 0 aromatic heterocycles. The first kappa shape index (κ1) is 11.0. The number of sulfone groups is 1. The Hall–Kier alpha value is -0.100. The molecule has 1 rings (SSSR count). The third-order valence-corrected chi connectivity index (χ3v) is 3.69. The van der Waals surface area contributed by atoms with Crippen LogP contribution in [0.5, 0.6) is 0 Å². The highest BCUT2D eigenvalue weighted by Crippen LogP contribution is 2.14. The Kier molecular flexibility index (Phi) is 3.34. The summed E-state index contributed by atoms with van der Waals surface area (Å²) in [6.07, 6.45) is 1.25. The molecular weight excluding hydrogens is 299 g/mol. The van der Waals surface area contributed by atoms with Gasteiger partial charge in [-0.3, -0.25) is 0 Å². The van der Waals surface area contributed by atoms with Crippen LogP contribution in [0.4, 0.5) is 0 Å². The summed E-state index contributed by atoms with van der Waals surface area (Å²) >= 11 is 2.21. The predicted octanol–water partition coefficient (Wildman–Crippen LogP) is 2.14. The molecule has 4 heteroatoms. The summed E-state index contributed by atoms with van der Waals surface area (Å²) in [6, 6.07) is 5.72. The quantitative estimate of drug-likeness (QED) is 0.784. The second kappa shape index (κ2) is 3.96. The molecule has 13 heavy (non-hydrogen) atoms. The number of aryl methyl sites for hydroxylation is 1.